The molecule has 4 nitrogen and oxygen atoms in total. The Morgan fingerprint density at radius 2 is 0.929 bits per heavy atom. The van der Waals surface area contributed by atoms with Crippen LogP contribution in [0.4, 0.5) is 0 Å². The fourth-order valence-corrected chi connectivity index (χ4v) is 5.70. The molecule has 3 N–H and O–H groups in total. The smallest absolute Gasteiger partial charge is 0.217 e. The first-order valence-corrected chi connectivity index (χ1v) is 17.5. The number of unbranched alkanes of at least 4 members (excludes halogenated alkanes) is 18. The molecule has 0 aromatic heterocycles. The van der Waals surface area contributed by atoms with E-state index in [1.54, 1.807) is 12.1 Å². The van der Waals surface area contributed by atoms with Gasteiger partial charge in [-0.1, -0.05) is 148 Å². The van der Waals surface area contributed by atoms with E-state index < -0.39 is 12.4 Å². The molecule has 0 saturated heterocycles. The summed E-state index contributed by atoms with van der Waals surface area (Å²) in [5.74, 6) is -1.33. The molecule has 0 heterocycles. The summed E-state index contributed by atoms with van der Waals surface area (Å²) >= 11 is 0. The van der Waals surface area contributed by atoms with Crippen molar-refractivity contribution < 1.29 is 20.1 Å². The summed E-state index contributed by atoms with van der Waals surface area (Å²) in [4.78, 5) is 0. The molecule has 0 atom stereocenters. The number of aliphatic hydroxyl groups is 3. The van der Waals surface area contributed by atoms with E-state index in [1.807, 2.05) is 18.2 Å². The van der Waals surface area contributed by atoms with E-state index in [2.05, 4.69) is 26.0 Å². The molecule has 0 bridgehead atoms. The van der Waals surface area contributed by atoms with Gasteiger partial charge in [-0.3, -0.25) is 0 Å². The molecule has 0 aliphatic rings. The highest BCUT2D eigenvalue weighted by Gasteiger charge is 2.29. The Bertz CT molecular complexity index is 921. The lowest BCUT2D eigenvalue weighted by molar-refractivity contribution is -0.196. The number of hydrogen-bond acceptors (Lipinski definition) is 4. The number of aliphatic hydroxyl groups excluding tert-OH is 1. The van der Waals surface area contributed by atoms with Crippen LogP contribution in [0.25, 0.3) is 0 Å². The predicted octanol–water partition coefficient (Wildman–Crippen LogP) is 10.5. The molecule has 0 fully saturated rings. The van der Waals surface area contributed by atoms with Crippen LogP contribution in [0, 0.1) is 0 Å². The third-order valence-corrected chi connectivity index (χ3v) is 8.48. The zero-order valence-corrected chi connectivity index (χ0v) is 27.1. The quantitative estimate of drug-likeness (QED) is 0.0762. The monoisotopic (exact) mass is 582 g/mol. The van der Waals surface area contributed by atoms with Crippen LogP contribution in [-0.2, 0) is 18.6 Å². The van der Waals surface area contributed by atoms with Crippen molar-refractivity contribution in [3.05, 3.63) is 59.2 Å². The highest BCUT2D eigenvalue weighted by atomic mass is 16.5. The topological polar surface area (TPSA) is 69.9 Å². The lowest BCUT2D eigenvalue weighted by Crippen LogP contribution is -2.30. The van der Waals surface area contributed by atoms with Gasteiger partial charge < -0.3 is 20.1 Å². The standard InChI is InChI=1S/C38H62O4/c1-3-5-7-9-11-13-15-17-19-21-23-33-25-28-35(29-26-33)42-37-30-27-34(31-36(37)38(40,41)32-39)24-22-20-18-16-14-12-10-8-6-4-2/h25-31,39-41H,3-24,32H2,1-2H3. The Morgan fingerprint density at radius 1 is 0.524 bits per heavy atom. The molecule has 4 heteroatoms. The molecule has 42 heavy (non-hydrogen) atoms. The van der Waals surface area contributed by atoms with Crippen LogP contribution in [0.1, 0.15) is 159 Å². The second kappa shape index (κ2) is 22.6. The van der Waals surface area contributed by atoms with Crippen LogP contribution < -0.4 is 4.74 Å². The van der Waals surface area contributed by atoms with Gasteiger partial charge in [-0.2, -0.15) is 0 Å². The molecular formula is C38H62O4. The SMILES string of the molecule is CCCCCCCCCCCCc1ccc(Oc2ccc(CCCCCCCCCCCC)cc2C(O)(O)CO)cc1. The van der Waals surface area contributed by atoms with Crippen molar-refractivity contribution in [3.8, 4) is 11.5 Å². The maximum atomic E-state index is 10.5. The Labute approximate surface area is 257 Å². The molecule has 0 aliphatic heterocycles. The number of ether oxygens (including phenoxy) is 1. The van der Waals surface area contributed by atoms with Crippen LogP contribution in [0.3, 0.4) is 0 Å². The maximum Gasteiger partial charge on any atom is 0.217 e. The Hall–Kier alpha value is -1.88. The zero-order valence-electron chi connectivity index (χ0n) is 27.1. The van der Waals surface area contributed by atoms with Gasteiger partial charge in [0.1, 0.15) is 18.1 Å². The molecule has 0 saturated carbocycles. The van der Waals surface area contributed by atoms with Gasteiger partial charge in [0.05, 0.1) is 5.56 Å². The third kappa shape index (κ3) is 15.5. The summed E-state index contributed by atoms with van der Waals surface area (Å²) in [5.41, 5.74) is 2.54. The van der Waals surface area contributed by atoms with Crippen LogP contribution in [0.2, 0.25) is 0 Å². The predicted molar refractivity (Wildman–Crippen MR) is 177 cm³/mol. The zero-order chi connectivity index (χ0) is 30.3. The Balaban J connectivity index is 1.76. The van der Waals surface area contributed by atoms with Crippen molar-refractivity contribution in [1.29, 1.82) is 0 Å². The molecular weight excluding hydrogens is 520 g/mol. The van der Waals surface area contributed by atoms with E-state index in [1.165, 1.54) is 128 Å². The highest BCUT2D eigenvalue weighted by Crippen LogP contribution is 2.33. The largest absolute Gasteiger partial charge is 0.457 e. The van der Waals surface area contributed by atoms with E-state index in [4.69, 9.17) is 4.74 Å². The number of hydrogen-bond donors (Lipinski definition) is 3. The van der Waals surface area contributed by atoms with Crippen molar-refractivity contribution in [2.75, 3.05) is 6.61 Å². The van der Waals surface area contributed by atoms with E-state index >= 15 is 0 Å². The molecule has 0 unspecified atom stereocenters. The summed E-state index contributed by atoms with van der Waals surface area (Å²) in [7, 11) is 0. The highest BCUT2D eigenvalue weighted by molar-refractivity contribution is 5.43. The van der Waals surface area contributed by atoms with Gasteiger partial charge in [-0.25, -0.2) is 0 Å². The van der Waals surface area contributed by atoms with Crippen LogP contribution >= 0.6 is 0 Å². The van der Waals surface area contributed by atoms with Gasteiger partial charge in [0.25, 0.3) is 0 Å². The van der Waals surface area contributed by atoms with E-state index in [0.717, 1.165) is 24.8 Å². The fourth-order valence-electron chi connectivity index (χ4n) is 5.70. The molecule has 0 aliphatic carbocycles. The summed E-state index contributed by atoms with van der Waals surface area (Å²) in [6, 6.07) is 13.7. The Morgan fingerprint density at radius 3 is 1.38 bits per heavy atom. The van der Waals surface area contributed by atoms with Crippen LogP contribution in [0.5, 0.6) is 11.5 Å². The molecule has 2 aromatic carbocycles. The lowest BCUT2D eigenvalue weighted by Gasteiger charge is -2.23. The van der Waals surface area contributed by atoms with Crippen molar-refractivity contribution in [1.82, 2.24) is 0 Å². The lowest BCUT2D eigenvalue weighted by atomic mass is 9.98. The average molecular weight is 583 g/mol. The molecule has 238 valence electrons. The number of aryl methyl sites for hydroxylation is 2. The van der Waals surface area contributed by atoms with Gasteiger partial charge in [-0.05, 0) is 61.1 Å². The van der Waals surface area contributed by atoms with Gasteiger partial charge in [0, 0.05) is 0 Å². The first kappa shape index (κ1) is 36.3. The molecule has 2 aromatic rings. The van der Waals surface area contributed by atoms with Gasteiger partial charge >= 0.3 is 0 Å². The van der Waals surface area contributed by atoms with Crippen molar-refractivity contribution in [2.45, 2.75) is 161 Å². The molecule has 0 radical (unpaired) electrons. The van der Waals surface area contributed by atoms with Crippen molar-refractivity contribution in [3.63, 3.8) is 0 Å². The summed E-state index contributed by atoms with van der Waals surface area (Å²) in [6.45, 7) is 3.74. The van der Waals surface area contributed by atoms with E-state index in [9.17, 15) is 15.3 Å². The third-order valence-electron chi connectivity index (χ3n) is 8.48. The van der Waals surface area contributed by atoms with Gasteiger partial charge in [0.2, 0.25) is 5.79 Å². The fraction of sp³-hybridized carbons (Fsp3) is 0.684. The molecule has 0 amide bonds. The average Bonchev–Trinajstić information content (AvgIpc) is 3.00. The first-order chi connectivity index (χ1) is 20.5. The first-order valence-electron chi connectivity index (χ1n) is 17.5. The van der Waals surface area contributed by atoms with Gasteiger partial charge in [-0.15, -0.1) is 0 Å². The van der Waals surface area contributed by atoms with Crippen LogP contribution in [-0.4, -0.2) is 21.9 Å². The van der Waals surface area contributed by atoms with Crippen LogP contribution in [0.15, 0.2) is 42.5 Å². The number of rotatable bonds is 26. The molecule has 2 rings (SSSR count). The van der Waals surface area contributed by atoms with Crippen molar-refractivity contribution in [2.24, 2.45) is 0 Å². The second-order valence-electron chi connectivity index (χ2n) is 12.4. The summed E-state index contributed by atoms with van der Waals surface area (Å²) < 4.78 is 6.09. The summed E-state index contributed by atoms with van der Waals surface area (Å²) in [5, 5.41) is 30.7. The van der Waals surface area contributed by atoms with E-state index in [0.29, 0.717) is 11.5 Å². The minimum Gasteiger partial charge on any atom is -0.457 e. The Kier molecular flexibility index (Phi) is 19.6. The van der Waals surface area contributed by atoms with Gasteiger partial charge in [0.15, 0.2) is 0 Å². The summed E-state index contributed by atoms with van der Waals surface area (Å²) in [6.07, 6.45) is 28.2. The van der Waals surface area contributed by atoms with Crippen molar-refractivity contribution >= 4 is 0 Å². The minimum atomic E-state index is -2.35. The number of benzene rings is 2. The normalized spacial score (nSPS) is 11.7. The van der Waals surface area contributed by atoms with E-state index in [-0.39, 0.29) is 5.56 Å². The minimum absolute atomic E-state index is 0.212. The second-order valence-corrected chi connectivity index (χ2v) is 12.4. The maximum absolute atomic E-state index is 10.5. The molecule has 0 spiro atoms.